The van der Waals surface area contributed by atoms with Crippen LogP contribution in [-0.4, -0.2) is 42.7 Å². The topological polar surface area (TPSA) is 102 Å². The van der Waals surface area contributed by atoms with Gasteiger partial charge in [0.05, 0.1) is 10.5 Å². The van der Waals surface area contributed by atoms with Crippen molar-refractivity contribution < 1.29 is 19.4 Å². The SMILES string of the molecule is CC(C)(C)N(CCn1ccc2ncnc(Nc3ccc(Oc4cccc(Oc5ccccc5)c4)c(Cl)c3)c21)C(=O)O. The first-order valence-electron chi connectivity index (χ1n) is 13.1. The Kier molecular flexibility index (Phi) is 7.98. The number of halogens is 1. The normalized spacial score (nSPS) is 11.3. The number of nitrogens with zero attached hydrogens (tertiary/aromatic N) is 4. The van der Waals surface area contributed by atoms with Crippen LogP contribution in [0.4, 0.5) is 16.3 Å². The fourth-order valence-electron chi connectivity index (χ4n) is 4.39. The molecule has 0 atom stereocenters. The highest BCUT2D eigenvalue weighted by molar-refractivity contribution is 6.32. The molecule has 9 nitrogen and oxygen atoms in total. The Bertz CT molecular complexity index is 1670. The third kappa shape index (κ3) is 6.70. The first-order valence-corrected chi connectivity index (χ1v) is 13.4. The van der Waals surface area contributed by atoms with E-state index in [9.17, 15) is 9.90 Å². The van der Waals surface area contributed by atoms with Crippen LogP contribution in [0.1, 0.15) is 20.8 Å². The summed E-state index contributed by atoms with van der Waals surface area (Å²) in [5.74, 6) is 3.03. The molecule has 0 aliphatic carbocycles. The summed E-state index contributed by atoms with van der Waals surface area (Å²) in [7, 11) is 0. The summed E-state index contributed by atoms with van der Waals surface area (Å²) in [6.07, 6.45) is 2.40. The Morgan fingerprint density at radius 2 is 1.68 bits per heavy atom. The van der Waals surface area contributed by atoms with E-state index in [1.807, 2.05) is 92.2 Å². The Morgan fingerprint density at radius 1 is 0.951 bits per heavy atom. The number of aromatic nitrogens is 3. The number of benzene rings is 3. The van der Waals surface area contributed by atoms with Gasteiger partial charge in [0.1, 0.15) is 34.8 Å². The smallest absolute Gasteiger partial charge is 0.407 e. The summed E-state index contributed by atoms with van der Waals surface area (Å²) in [4.78, 5) is 22.0. The number of nitrogens with one attached hydrogen (secondary N) is 1. The van der Waals surface area contributed by atoms with Crippen LogP contribution in [0.5, 0.6) is 23.0 Å². The second-order valence-corrected chi connectivity index (χ2v) is 10.7. The van der Waals surface area contributed by atoms with E-state index in [0.29, 0.717) is 46.9 Å². The molecule has 2 N–H and O–H groups in total. The minimum absolute atomic E-state index is 0.312. The van der Waals surface area contributed by atoms with Crippen LogP contribution in [0, 0.1) is 0 Å². The fourth-order valence-corrected chi connectivity index (χ4v) is 4.61. The Morgan fingerprint density at radius 3 is 2.39 bits per heavy atom. The van der Waals surface area contributed by atoms with Crippen molar-refractivity contribution in [3.05, 3.63) is 96.4 Å². The third-order valence-corrected chi connectivity index (χ3v) is 6.66. The lowest BCUT2D eigenvalue weighted by molar-refractivity contribution is 0.0981. The zero-order valence-corrected chi connectivity index (χ0v) is 23.7. The van der Waals surface area contributed by atoms with Crippen LogP contribution in [-0.2, 0) is 6.54 Å². The molecule has 0 radical (unpaired) electrons. The molecule has 0 fully saturated rings. The quantitative estimate of drug-likeness (QED) is 0.184. The predicted octanol–water partition coefficient (Wildman–Crippen LogP) is 8.19. The number of fused-ring (bicyclic) bond motifs is 1. The standard InChI is InChI=1S/C31H30ClN5O4/c1-31(2,3)37(30(38)39)17-16-36-15-14-26-28(36)29(34-20-33-26)35-21-12-13-27(25(32)18-21)41-24-11-7-10-23(19-24)40-22-8-5-4-6-9-22/h4-15,18-20H,16-17H2,1-3H3,(H,38,39)(H,33,34,35). The maximum atomic E-state index is 11.8. The van der Waals surface area contributed by atoms with Gasteiger partial charge in [-0.2, -0.15) is 0 Å². The molecule has 3 aromatic carbocycles. The van der Waals surface area contributed by atoms with Gasteiger partial charge >= 0.3 is 6.09 Å². The molecule has 0 saturated carbocycles. The molecule has 0 spiro atoms. The molecule has 0 aliphatic heterocycles. The number of rotatable bonds is 9. The van der Waals surface area contributed by atoms with Gasteiger partial charge in [0, 0.05) is 36.6 Å². The average molecular weight is 572 g/mol. The van der Waals surface area contributed by atoms with E-state index in [2.05, 4.69) is 15.3 Å². The van der Waals surface area contributed by atoms with E-state index < -0.39 is 11.6 Å². The van der Waals surface area contributed by atoms with Crippen LogP contribution >= 0.6 is 11.6 Å². The summed E-state index contributed by atoms with van der Waals surface area (Å²) in [6.45, 7) is 6.37. The molecule has 0 bridgehead atoms. The molecule has 0 saturated heterocycles. The lowest BCUT2D eigenvalue weighted by Crippen LogP contribution is -2.46. The summed E-state index contributed by atoms with van der Waals surface area (Å²) in [6, 6.07) is 24.1. The van der Waals surface area contributed by atoms with Gasteiger partial charge < -0.3 is 29.4 Å². The van der Waals surface area contributed by atoms with Gasteiger partial charge in [-0.05, 0) is 69.3 Å². The number of hydrogen-bond donors (Lipinski definition) is 2. The third-order valence-electron chi connectivity index (χ3n) is 6.36. The maximum Gasteiger partial charge on any atom is 0.407 e. The Labute approximate surface area is 242 Å². The second-order valence-electron chi connectivity index (χ2n) is 10.3. The molecule has 41 heavy (non-hydrogen) atoms. The van der Waals surface area contributed by atoms with Crippen LogP contribution in [0.15, 0.2) is 91.4 Å². The van der Waals surface area contributed by atoms with Crippen molar-refractivity contribution in [2.75, 3.05) is 11.9 Å². The largest absolute Gasteiger partial charge is 0.465 e. The molecule has 10 heteroatoms. The molecular formula is C31H30ClN5O4. The summed E-state index contributed by atoms with van der Waals surface area (Å²) in [5, 5.41) is 13.4. The van der Waals surface area contributed by atoms with Gasteiger partial charge in [0.2, 0.25) is 0 Å². The Hall–Kier alpha value is -4.76. The molecule has 1 amide bonds. The lowest BCUT2D eigenvalue weighted by atomic mass is 10.1. The number of amides is 1. The summed E-state index contributed by atoms with van der Waals surface area (Å²) < 4.78 is 13.9. The molecule has 0 unspecified atom stereocenters. The highest BCUT2D eigenvalue weighted by Crippen LogP contribution is 2.35. The van der Waals surface area contributed by atoms with Crippen molar-refractivity contribution in [2.45, 2.75) is 32.9 Å². The van der Waals surface area contributed by atoms with Crippen LogP contribution in [0.25, 0.3) is 11.0 Å². The van der Waals surface area contributed by atoms with Crippen molar-refractivity contribution in [1.82, 2.24) is 19.4 Å². The minimum atomic E-state index is -0.962. The zero-order valence-electron chi connectivity index (χ0n) is 22.9. The van der Waals surface area contributed by atoms with Crippen LogP contribution < -0.4 is 14.8 Å². The fraction of sp³-hybridized carbons (Fsp3) is 0.194. The number of para-hydroxylation sites is 1. The van der Waals surface area contributed by atoms with Gasteiger partial charge in [-0.15, -0.1) is 0 Å². The monoisotopic (exact) mass is 571 g/mol. The first-order chi connectivity index (χ1) is 19.7. The molecular weight excluding hydrogens is 542 g/mol. The predicted molar refractivity (Wildman–Crippen MR) is 160 cm³/mol. The lowest BCUT2D eigenvalue weighted by Gasteiger charge is -2.33. The summed E-state index contributed by atoms with van der Waals surface area (Å²) >= 11 is 6.61. The van der Waals surface area contributed by atoms with E-state index in [-0.39, 0.29) is 0 Å². The molecule has 5 aromatic rings. The number of anilines is 2. The van der Waals surface area contributed by atoms with Crippen molar-refractivity contribution in [1.29, 1.82) is 0 Å². The number of carbonyl (C=O) groups is 1. The van der Waals surface area contributed by atoms with Crippen molar-refractivity contribution >= 4 is 40.2 Å². The minimum Gasteiger partial charge on any atom is -0.465 e. The number of ether oxygens (including phenoxy) is 2. The number of carboxylic acid groups (broad SMARTS) is 1. The highest BCUT2D eigenvalue weighted by Gasteiger charge is 2.26. The van der Waals surface area contributed by atoms with E-state index in [1.165, 1.54) is 11.2 Å². The van der Waals surface area contributed by atoms with E-state index >= 15 is 0 Å². The zero-order chi connectivity index (χ0) is 29.0. The van der Waals surface area contributed by atoms with Crippen molar-refractivity contribution in [3.63, 3.8) is 0 Å². The van der Waals surface area contributed by atoms with Gasteiger partial charge in [-0.25, -0.2) is 14.8 Å². The molecule has 0 aliphatic rings. The van der Waals surface area contributed by atoms with Gasteiger partial charge in [-0.1, -0.05) is 35.9 Å². The van der Waals surface area contributed by atoms with E-state index in [4.69, 9.17) is 21.1 Å². The van der Waals surface area contributed by atoms with Gasteiger partial charge in [-0.3, -0.25) is 0 Å². The molecule has 2 heterocycles. The van der Waals surface area contributed by atoms with Crippen LogP contribution in [0.3, 0.4) is 0 Å². The van der Waals surface area contributed by atoms with Crippen molar-refractivity contribution in [2.24, 2.45) is 0 Å². The number of hydrogen-bond acceptors (Lipinski definition) is 6. The van der Waals surface area contributed by atoms with Gasteiger partial charge in [0.25, 0.3) is 0 Å². The molecule has 2 aromatic heterocycles. The van der Waals surface area contributed by atoms with Gasteiger partial charge in [0.15, 0.2) is 5.82 Å². The maximum absolute atomic E-state index is 11.8. The molecule has 5 rings (SSSR count). The van der Waals surface area contributed by atoms with Crippen LogP contribution in [0.2, 0.25) is 5.02 Å². The first kappa shape index (κ1) is 27.8. The van der Waals surface area contributed by atoms with Crippen molar-refractivity contribution in [3.8, 4) is 23.0 Å². The molecule has 210 valence electrons. The Balaban J connectivity index is 1.32. The van der Waals surface area contributed by atoms with E-state index in [0.717, 1.165) is 16.8 Å². The summed E-state index contributed by atoms with van der Waals surface area (Å²) in [5.41, 5.74) is 1.68. The average Bonchev–Trinajstić information content (AvgIpc) is 3.34. The highest BCUT2D eigenvalue weighted by atomic mass is 35.5. The second kappa shape index (κ2) is 11.8. The van der Waals surface area contributed by atoms with E-state index in [1.54, 1.807) is 18.2 Å².